The number of ether oxygens (including phenoxy) is 1. The molecule has 1 aromatic carbocycles. The second kappa shape index (κ2) is 3.13. The first-order chi connectivity index (χ1) is 6.26. The molecule has 2 heteroatoms. The second-order valence-electron chi connectivity index (χ2n) is 3.76. The summed E-state index contributed by atoms with van der Waals surface area (Å²) in [5, 5.41) is 0. The Balaban J connectivity index is 2.23. The van der Waals surface area contributed by atoms with Crippen LogP contribution in [0.25, 0.3) is 0 Å². The van der Waals surface area contributed by atoms with E-state index in [0.717, 1.165) is 12.8 Å². The van der Waals surface area contributed by atoms with Crippen LogP contribution in [0, 0.1) is 0 Å². The van der Waals surface area contributed by atoms with E-state index in [-0.39, 0.29) is 11.6 Å². The van der Waals surface area contributed by atoms with Crippen LogP contribution in [0.5, 0.6) is 0 Å². The van der Waals surface area contributed by atoms with E-state index in [2.05, 4.69) is 12.1 Å². The number of nitrogens with two attached hydrogens (primary N) is 1. The average molecular weight is 177 g/mol. The molecule has 0 amide bonds. The number of benzene rings is 1. The molecule has 0 aromatic heterocycles. The monoisotopic (exact) mass is 177 g/mol. The molecule has 70 valence electrons. The Morgan fingerprint density at radius 3 is 2.38 bits per heavy atom. The topological polar surface area (TPSA) is 35.2 Å². The standard InChI is InChI=1S/C11H15NO/c1-13-10(11(12)7-8-11)9-5-3-2-4-6-9/h2-6,10H,7-8,12H2,1H3. The van der Waals surface area contributed by atoms with Gasteiger partial charge in [-0.2, -0.15) is 0 Å². The van der Waals surface area contributed by atoms with Crippen LogP contribution < -0.4 is 5.73 Å². The highest BCUT2D eigenvalue weighted by Crippen LogP contribution is 2.45. The third kappa shape index (κ3) is 1.60. The molecule has 1 saturated carbocycles. The molecule has 1 fully saturated rings. The maximum Gasteiger partial charge on any atom is 0.1000 e. The summed E-state index contributed by atoms with van der Waals surface area (Å²) in [6.45, 7) is 0. The third-order valence-corrected chi connectivity index (χ3v) is 2.69. The Hall–Kier alpha value is -0.860. The summed E-state index contributed by atoms with van der Waals surface area (Å²) >= 11 is 0. The largest absolute Gasteiger partial charge is 0.375 e. The lowest BCUT2D eigenvalue weighted by molar-refractivity contribution is 0.0720. The predicted octanol–water partition coefficient (Wildman–Crippen LogP) is 1.87. The van der Waals surface area contributed by atoms with Gasteiger partial charge in [-0.05, 0) is 18.4 Å². The van der Waals surface area contributed by atoms with Gasteiger partial charge in [0.2, 0.25) is 0 Å². The van der Waals surface area contributed by atoms with Crippen molar-refractivity contribution in [1.29, 1.82) is 0 Å². The number of hydrogen-bond donors (Lipinski definition) is 1. The number of methoxy groups -OCH3 is 1. The molecule has 1 aliphatic carbocycles. The normalized spacial score (nSPS) is 21.1. The summed E-state index contributed by atoms with van der Waals surface area (Å²) in [6, 6.07) is 10.2. The minimum absolute atomic E-state index is 0.0636. The molecular formula is C11H15NO. The lowest BCUT2D eigenvalue weighted by Crippen LogP contribution is -2.31. The fraction of sp³-hybridized carbons (Fsp3) is 0.455. The Morgan fingerprint density at radius 2 is 1.92 bits per heavy atom. The summed E-state index contributed by atoms with van der Waals surface area (Å²) < 4.78 is 5.44. The van der Waals surface area contributed by atoms with Crippen LogP contribution in [0.3, 0.4) is 0 Å². The van der Waals surface area contributed by atoms with Gasteiger partial charge in [0.25, 0.3) is 0 Å². The Bertz CT molecular complexity index is 279. The van der Waals surface area contributed by atoms with E-state index in [0.29, 0.717) is 0 Å². The van der Waals surface area contributed by atoms with Gasteiger partial charge in [-0.25, -0.2) is 0 Å². The summed E-state index contributed by atoms with van der Waals surface area (Å²) in [6.07, 6.45) is 2.20. The molecule has 0 bridgehead atoms. The van der Waals surface area contributed by atoms with Crippen molar-refractivity contribution in [2.75, 3.05) is 7.11 Å². The van der Waals surface area contributed by atoms with Crippen molar-refractivity contribution in [2.24, 2.45) is 5.73 Å². The highest BCUT2D eigenvalue weighted by molar-refractivity contribution is 5.24. The molecule has 13 heavy (non-hydrogen) atoms. The molecule has 2 rings (SSSR count). The second-order valence-corrected chi connectivity index (χ2v) is 3.76. The van der Waals surface area contributed by atoms with Crippen LogP contribution in [-0.4, -0.2) is 12.6 Å². The Morgan fingerprint density at radius 1 is 1.31 bits per heavy atom. The lowest BCUT2D eigenvalue weighted by Gasteiger charge is -2.22. The first-order valence-electron chi connectivity index (χ1n) is 4.63. The van der Waals surface area contributed by atoms with Crippen LogP contribution in [0.1, 0.15) is 24.5 Å². The molecule has 2 N–H and O–H groups in total. The summed E-state index contributed by atoms with van der Waals surface area (Å²) in [5.74, 6) is 0. The van der Waals surface area contributed by atoms with Gasteiger partial charge in [-0.3, -0.25) is 0 Å². The van der Waals surface area contributed by atoms with Gasteiger partial charge >= 0.3 is 0 Å². The van der Waals surface area contributed by atoms with E-state index in [4.69, 9.17) is 10.5 Å². The van der Waals surface area contributed by atoms with Crippen molar-refractivity contribution in [2.45, 2.75) is 24.5 Å². The molecular weight excluding hydrogens is 162 g/mol. The van der Waals surface area contributed by atoms with Gasteiger partial charge in [-0.1, -0.05) is 30.3 Å². The van der Waals surface area contributed by atoms with Crippen LogP contribution in [0.15, 0.2) is 30.3 Å². The van der Waals surface area contributed by atoms with Crippen LogP contribution in [-0.2, 0) is 4.74 Å². The van der Waals surface area contributed by atoms with E-state index in [1.165, 1.54) is 5.56 Å². The smallest absolute Gasteiger partial charge is 0.1000 e. The summed E-state index contributed by atoms with van der Waals surface area (Å²) in [7, 11) is 1.73. The molecule has 0 heterocycles. The van der Waals surface area contributed by atoms with Gasteiger partial charge in [0, 0.05) is 12.6 Å². The zero-order valence-corrected chi connectivity index (χ0v) is 7.86. The van der Waals surface area contributed by atoms with Gasteiger partial charge in [0.05, 0.1) is 6.10 Å². The zero-order chi connectivity index (χ0) is 9.31. The van der Waals surface area contributed by atoms with Crippen molar-refractivity contribution >= 4 is 0 Å². The fourth-order valence-corrected chi connectivity index (χ4v) is 1.74. The van der Waals surface area contributed by atoms with Crippen molar-refractivity contribution < 1.29 is 4.74 Å². The van der Waals surface area contributed by atoms with Gasteiger partial charge in [-0.15, -0.1) is 0 Å². The first-order valence-corrected chi connectivity index (χ1v) is 4.63. The zero-order valence-electron chi connectivity index (χ0n) is 7.86. The van der Waals surface area contributed by atoms with E-state index < -0.39 is 0 Å². The van der Waals surface area contributed by atoms with Crippen molar-refractivity contribution in [3.8, 4) is 0 Å². The molecule has 0 saturated heterocycles. The van der Waals surface area contributed by atoms with E-state index in [9.17, 15) is 0 Å². The third-order valence-electron chi connectivity index (χ3n) is 2.69. The Kier molecular flexibility index (Phi) is 2.10. The van der Waals surface area contributed by atoms with Crippen LogP contribution in [0.4, 0.5) is 0 Å². The van der Waals surface area contributed by atoms with Crippen molar-refractivity contribution in [3.05, 3.63) is 35.9 Å². The maximum absolute atomic E-state index is 6.11. The van der Waals surface area contributed by atoms with Crippen LogP contribution in [0.2, 0.25) is 0 Å². The summed E-state index contributed by atoms with van der Waals surface area (Å²) in [4.78, 5) is 0. The van der Waals surface area contributed by atoms with Crippen molar-refractivity contribution in [3.63, 3.8) is 0 Å². The van der Waals surface area contributed by atoms with E-state index >= 15 is 0 Å². The molecule has 1 unspecified atom stereocenters. The fourth-order valence-electron chi connectivity index (χ4n) is 1.74. The number of rotatable bonds is 3. The highest BCUT2D eigenvalue weighted by atomic mass is 16.5. The first kappa shape index (κ1) is 8.73. The van der Waals surface area contributed by atoms with Gasteiger partial charge < -0.3 is 10.5 Å². The predicted molar refractivity (Wildman–Crippen MR) is 52.3 cm³/mol. The Labute approximate surface area is 78.7 Å². The minimum Gasteiger partial charge on any atom is -0.375 e. The number of hydrogen-bond acceptors (Lipinski definition) is 2. The average Bonchev–Trinajstić information content (AvgIpc) is 2.87. The van der Waals surface area contributed by atoms with Crippen LogP contribution >= 0.6 is 0 Å². The van der Waals surface area contributed by atoms with E-state index in [1.54, 1.807) is 7.11 Å². The van der Waals surface area contributed by atoms with Gasteiger partial charge in [0.15, 0.2) is 0 Å². The molecule has 0 aliphatic heterocycles. The molecule has 0 radical (unpaired) electrons. The lowest BCUT2D eigenvalue weighted by atomic mass is 10.0. The minimum atomic E-state index is -0.101. The SMILES string of the molecule is COC(c1ccccc1)C1(N)CC1. The van der Waals surface area contributed by atoms with Gasteiger partial charge in [0.1, 0.15) is 0 Å². The molecule has 1 atom stereocenters. The quantitative estimate of drug-likeness (QED) is 0.765. The molecule has 2 nitrogen and oxygen atoms in total. The van der Waals surface area contributed by atoms with Crippen molar-refractivity contribution in [1.82, 2.24) is 0 Å². The van der Waals surface area contributed by atoms with E-state index in [1.807, 2.05) is 18.2 Å². The molecule has 1 aliphatic rings. The highest BCUT2D eigenvalue weighted by Gasteiger charge is 2.46. The molecule has 0 spiro atoms. The summed E-state index contributed by atoms with van der Waals surface area (Å²) in [5.41, 5.74) is 7.19. The maximum atomic E-state index is 6.11. The molecule has 1 aromatic rings.